The number of hydrogen-bond acceptors (Lipinski definition) is 11. The summed E-state index contributed by atoms with van der Waals surface area (Å²) in [6, 6.07) is 3.95. The molecule has 12 nitrogen and oxygen atoms in total. The third-order valence-corrected chi connectivity index (χ3v) is 3.88. The molecule has 2 atom stereocenters. The fourth-order valence-electron chi connectivity index (χ4n) is 2.56. The van der Waals surface area contributed by atoms with Gasteiger partial charge in [0.25, 0.3) is 0 Å². The quantitative estimate of drug-likeness (QED) is 0.324. The Labute approximate surface area is 178 Å². The topological polar surface area (TPSA) is 170 Å². The Balaban J connectivity index is 3.12. The van der Waals surface area contributed by atoms with Crippen molar-refractivity contribution in [2.45, 2.75) is 38.3 Å². The van der Waals surface area contributed by atoms with Gasteiger partial charge in [0.1, 0.15) is 11.6 Å². The van der Waals surface area contributed by atoms with Crippen LogP contribution in [-0.2, 0) is 30.2 Å². The number of methoxy groups -OCH3 is 2. The van der Waals surface area contributed by atoms with Gasteiger partial charge in [-0.1, -0.05) is 6.07 Å². The van der Waals surface area contributed by atoms with E-state index in [1.54, 1.807) is 6.92 Å². The molecule has 1 aromatic carbocycles. The van der Waals surface area contributed by atoms with Crippen LogP contribution in [0.25, 0.3) is 0 Å². The number of carbonyl (C=O) groups excluding carboxylic acids is 3. The molecule has 0 saturated heterocycles. The summed E-state index contributed by atoms with van der Waals surface area (Å²) in [6.07, 6.45) is -4.45. The van der Waals surface area contributed by atoms with Crippen LogP contribution in [0.1, 0.15) is 25.8 Å². The van der Waals surface area contributed by atoms with Crippen LogP contribution in [0.4, 0.5) is 14.4 Å². The molecule has 0 aliphatic rings. The minimum atomic E-state index is -1.85. The molecule has 0 aromatic heterocycles. The summed E-state index contributed by atoms with van der Waals surface area (Å²) in [5.41, 5.74) is 4.55. The first kappa shape index (κ1) is 25.5. The number of benzene rings is 1. The normalized spacial score (nSPS) is 13.2. The Morgan fingerprint density at radius 3 is 2.13 bits per heavy atom. The second-order valence-corrected chi connectivity index (χ2v) is 6.35. The van der Waals surface area contributed by atoms with Crippen LogP contribution >= 0.6 is 0 Å². The predicted molar refractivity (Wildman–Crippen MR) is 103 cm³/mol. The number of carboxylic acids is 1. The van der Waals surface area contributed by atoms with Crippen molar-refractivity contribution < 1.29 is 52.7 Å². The van der Waals surface area contributed by atoms with Crippen LogP contribution in [0.5, 0.6) is 11.5 Å². The molecule has 0 heterocycles. The first-order valence-electron chi connectivity index (χ1n) is 9.04. The van der Waals surface area contributed by atoms with Gasteiger partial charge in [0.2, 0.25) is 0 Å². The molecule has 0 amide bonds. The highest BCUT2D eigenvalue weighted by Crippen LogP contribution is 2.31. The Morgan fingerprint density at radius 2 is 1.61 bits per heavy atom. The van der Waals surface area contributed by atoms with Crippen LogP contribution < -0.4 is 15.2 Å². The fourth-order valence-corrected chi connectivity index (χ4v) is 2.56. The SMILES string of the molecule is CCOC(=O)O[C@@H](C)CC(N)(Cc1ccc(OC(=O)OC)c(OC(=O)OC)c1)C(=O)O. The summed E-state index contributed by atoms with van der Waals surface area (Å²) in [6.45, 7) is 3.17. The maximum Gasteiger partial charge on any atom is 0.513 e. The smallest absolute Gasteiger partial charge is 0.480 e. The number of hydrogen-bond donors (Lipinski definition) is 2. The summed E-state index contributed by atoms with van der Waals surface area (Å²) in [4.78, 5) is 46.2. The van der Waals surface area contributed by atoms with Crippen molar-refractivity contribution in [3.8, 4) is 11.5 Å². The molecule has 0 spiro atoms. The Bertz CT molecular complexity index is 810. The maximum absolute atomic E-state index is 11.8. The van der Waals surface area contributed by atoms with E-state index in [0.29, 0.717) is 5.56 Å². The predicted octanol–water partition coefficient (Wildman–Crippen LogP) is 2.25. The van der Waals surface area contributed by atoms with Crippen LogP contribution in [-0.4, -0.2) is 62.0 Å². The van der Waals surface area contributed by atoms with E-state index in [-0.39, 0.29) is 30.9 Å². The molecule has 12 heteroatoms. The van der Waals surface area contributed by atoms with E-state index in [0.717, 1.165) is 14.2 Å². The van der Waals surface area contributed by atoms with Crippen molar-refractivity contribution >= 4 is 24.4 Å². The largest absolute Gasteiger partial charge is 0.513 e. The molecule has 0 aliphatic heterocycles. The second kappa shape index (κ2) is 11.6. The van der Waals surface area contributed by atoms with Gasteiger partial charge in [-0.25, -0.2) is 14.4 Å². The molecule has 1 unspecified atom stereocenters. The Hall–Kier alpha value is -3.54. The van der Waals surface area contributed by atoms with E-state index in [1.807, 2.05) is 0 Å². The van der Waals surface area contributed by atoms with Gasteiger partial charge in [-0.3, -0.25) is 4.79 Å². The summed E-state index contributed by atoms with van der Waals surface area (Å²) >= 11 is 0. The highest BCUT2D eigenvalue weighted by atomic mass is 16.7. The van der Waals surface area contributed by atoms with Crippen molar-refractivity contribution in [3.05, 3.63) is 23.8 Å². The molecule has 0 bridgehead atoms. The lowest BCUT2D eigenvalue weighted by Gasteiger charge is -2.28. The van der Waals surface area contributed by atoms with E-state index in [2.05, 4.69) is 14.2 Å². The lowest BCUT2D eigenvalue weighted by molar-refractivity contribution is -0.144. The molecule has 1 rings (SSSR count). The molecule has 0 fully saturated rings. The first-order chi connectivity index (χ1) is 14.5. The van der Waals surface area contributed by atoms with Gasteiger partial charge in [0.05, 0.1) is 20.8 Å². The van der Waals surface area contributed by atoms with Gasteiger partial charge in [0, 0.05) is 12.8 Å². The van der Waals surface area contributed by atoms with Crippen LogP contribution in [0.15, 0.2) is 18.2 Å². The molecule has 0 saturated carbocycles. The molecule has 0 radical (unpaired) electrons. The minimum Gasteiger partial charge on any atom is -0.480 e. The van der Waals surface area contributed by atoms with Crippen molar-refractivity contribution in [2.24, 2.45) is 5.73 Å². The van der Waals surface area contributed by atoms with Gasteiger partial charge >= 0.3 is 24.4 Å². The third kappa shape index (κ3) is 8.01. The van der Waals surface area contributed by atoms with E-state index in [1.165, 1.54) is 25.1 Å². The zero-order valence-electron chi connectivity index (χ0n) is 17.5. The van der Waals surface area contributed by atoms with Gasteiger partial charge in [0.15, 0.2) is 11.5 Å². The van der Waals surface area contributed by atoms with Crippen LogP contribution in [0.3, 0.4) is 0 Å². The fraction of sp³-hybridized carbons (Fsp3) is 0.474. The van der Waals surface area contributed by atoms with E-state index < -0.39 is 36.1 Å². The summed E-state index contributed by atoms with van der Waals surface area (Å²) in [5, 5.41) is 9.65. The highest BCUT2D eigenvalue weighted by molar-refractivity contribution is 5.79. The summed E-state index contributed by atoms with van der Waals surface area (Å²) in [7, 11) is 2.17. The zero-order valence-corrected chi connectivity index (χ0v) is 17.5. The molecule has 0 aliphatic carbocycles. The van der Waals surface area contributed by atoms with Gasteiger partial charge in [-0.05, 0) is 31.5 Å². The lowest BCUT2D eigenvalue weighted by Crippen LogP contribution is -2.52. The average Bonchev–Trinajstić information content (AvgIpc) is 2.69. The van der Waals surface area contributed by atoms with E-state index in [9.17, 15) is 24.3 Å². The van der Waals surface area contributed by atoms with Crippen molar-refractivity contribution in [2.75, 3.05) is 20.8 Å². The van der Waals surface area contributed by atoms with Gasteiger partial charge < -0.3 is 39.3 Å². The number of rotatable bonds is 9. The van der Waals surface area contributed by atoms with Crippen molar-refractivity contribution in [1.82, 2.24) is 0 Å². The molecular formula is C19H25NO11. The number of nitrogens with two attached hydrogens (primary N) is 1. The van der Waals surface area contributed by atoms with Crippen LogP contribution in [0.2, 0.25) is 0 Å². The number of carbonyl (C=O) groups is 4. The molecule has 3 N–H and O–H groups in total. The van der Waals surface area contributed by atoms with Crippen molar-refractivity contribution in [1.29, 1.82) is 0 Å². The lowest BCUT2D eigenvalue weighted by atomic mass is 9.86. The van der Waals surface area contributed by atoms with Crippen LogP contribution in [0, 0.1) is 0 Å². The summed E-state index contributed by atoms with van der Waals surface area (Å²) in [5.74, 6) is -1.74. The number of carboxylic acid groups (broad SMARTS) is 1. The van der Waals surface area contributed by atoms with E-state index in [4.69, 9.17) is 19.9 Å². The third-order valence-electron chi connectivity index (χ3n) is 3.88. The molecule has 172 valence electrons. The summed E-state index contributed by atoms with van der Waals surface area (Å²) < 4.78 is 28.3. The van der Waals surface area contributed by atoms with E-state index >= 15 is 0 Å². The molecule has 1 aromatic rings. The van der Waals surface area contributed by atoms with Gasteiger partial charge in [-0.2, -0.15) is 0 Å². The zero-order chi connectivity index (χ0) is 23.6. The first-order valence-corrected chi connectivity index (χ1v) is 9.04. The number of ether oxygens (including phenoxy) is 6. The Kier molecular flexibility index (Phi) is 9.54. The minimum absolute atomic E-state index is 0.0984. The molecule has 31 heavy (non-hydrogen) atoms. The Morgan fingerprint density at radius 1 is 1.03 bits per heavy atom. The van der Waals surface area contributed by atoms with Crippen molar-refractivity contribution in [3.63, 3.8) is 0 Å². The average molecular weight is 443 g/mol. The second-order valence-electron chi connectivity index (χ2n) is 6.35. The monoisotopic (exact) mass is 443 g/mol. The maximum atomic E-state index is 11.8. The molecular weight excluding hydrogens is 418 g/mol. The number of aliphatic carboxylic acids is 1. The van der Waals surface area contributed by atoms with Gasteiger partial charge in [-0.15, -0.1) is 0 Å². The highest BCUT2D eigenvalue weighted by Gasteiger charge is 2.37. The standard InChI is InChI=1S/C19H25NO11/c1-5-28-18(25)29-11(2)9-19(20,15(21)22)10-12-6-7-13(30-16(23)26-3)14(8-12)31-17(24)27-4/h6-8,11H,5,9-10,20H2,1-4H3,(H,21,22)/t11-,19?/m0/s1.